The summed E-state index contributed by atoms with van der Waals surface area (Å²) in [6, 6.07) is 25.1. The number of aliphatic hydroxyl groups excluding tert-OH is 1. The molecule has 6 aliphatic carbocycles. The third-order valence-corrected chi connectivity index (χ3v) is 15.9. The molecule has 2 bridgehead atoms. The van der Waals surface area contributed by atoms with Crippen LogP contribution in [0.25, 0.3) is 20.9 Å². The van der Waals surface area contributed by atoms with Crippen molar-refractivity contribution in [3.8, 4) is 0 Å². The molecule has 0 radical (unpaired) electrons. The molecule has 4 aromatic rings. The second kappa shape index (κ2) is 9.95. The molecule has 5 nitrogen and oxygen atoms in total. The Morgan fingerprint density at radius 2 is 1.63 bits per heavy atom. The van der Waals surface area contributed by atoms with Crippen molar-refractivity contribution < 1.29 is 19.4 Å². The van der Waals surface area contributed by atoms with Gasteiger partial charge in [-0.05, 0) is 96.1 Å². The van der Waals surface area contributed by atoms with E-state index in [2.05, 4.69) is 92.7 Å². The maximum absolute atomic E-state index is 15.0. The second-order valence-corrected chi connectivity index (χ2v) is 17.7. The summed E-state index contributed by atoms with van der Waals surface area (Å²) in [5.41, 5.74) is 0.347. The van der Waals surface area contributed by atoms with Crippen LogP contribution in [0.1, 0.15) is 74.0 Å². The Morgan fingerprint density at radius 3 is 2.49 bits per heavy atom. The van der Waals surface area contributed by atoms with Crippen molar-refractivity contribution in [1.82, 2.24) is 4.90 Å². The van der Waals surface area contributed by atoms with Gasteiger partial charge in [0.2, 0.25) is 0 Å². The molecule has 7 aliphatic rings. The molecule has 3 aromatic carbocycles. The summed E-state index contributed by atoms with van der Waals surface area (Å²) in [4.78, 5) is 31.6. The lowest BCUT2D eigenvalue weighted by atomic mass is 9.32. The van der Waals surface area contributed by atoms with Gasteiger partial charge in [-0.2, -0.15) is 0 Å². The first-order valence-electron chi connectivity index (χ1n) is 18.2. The van der Waals surface area contributed by atoms with E-state index < -0.39 is 11.0 Å². The number of ether oxygens (including phenoxy) is 1. The van der Waals surface area contributed by atoms with E-state index in [-0.39, 0.29) is 46.1 Å². The first-order valence-corrected chi connectivity index (χ1v) is 19.0. The van der Waals surface area contributed by atoms with E-state index >= 15 is 4.79 Å². The molecule has 1 N–H and O–H groups in total. The van der Waals surface area contributed by atoms with E-state index in [0.29, 0.717) is 19.5 Å². The van der Waals surface area contributed by atoms with Crippen LogP contribution in [0.2, 0.25) is 0 Å². The molecule has 8 atom stereocenters. The predicted octanol–water partition coefficient (Wildman–Crippen LogP) is 9.49. The van der Waals surface area contributed by atoms with Gasteiger partial charge in [-0.1, -0.05) is 92.7 Å². The molecule has 2 heterocycles. The molecule has 1 saturated heterocycles. The van der Waals surface area contributed by atoms with Gasteiger partial charge in [0.25, 0.3) is 0 Å². The van der Waals surface area contributed by atoms with E-state index in [1.54, 1.807) is 11.3 Å². The van der Waals surface area contributed by atoms with Gasteiger partial charge in [0.1, 0.15) is 5.60 Å². The van der Waals surface area contributed by atoms with Crippen molar-refractivity contribution in [2.45, 2.75) is 77.0 Å². The fourth-order valence-electron chi connectivity index (χ4n) is 12.4. The summed E-state index contributed by atoms with van der Waals surface area (Å²) in [5, 5.41) is 14.5. The lowest BCUT2D eigenvalue weighted by Crippen LogP contribution is -2.67. The number of fused-ring (bicyclic) bond motifs is 4. The first kappa shape index (κ1) is 30.1. The van der Waals surface area contributed by atoms with Gasteiger partial charge in [-0.3, -0.25) is 9.69 Å². The van der Waals surface area contributed by atoms with E-state index in [0.717, 1.165) is 64.6 Å². The fourth-order valence-corrected chi connectivity index (χ4v) is 13.4. The summed E-state index contributed by atoms with van der Waals surface area (Å²) < 4.78 is 7.78. The molecule has 250 valence electrons. The fraction of sp³-hybridized carbons (Fsp3) is 0.442. The normalized spacial score (nSPS) is 38.8. The van der Waals surface area contributed by atoms with Crippen LogP contribution < -0.4 is 0 Å². The van der Waals surface area contributed by atoms with Gasteiger partial charge < -0.3 is 9.84 Å². The molecule has 3 saturated carbocycles. The van der Waals surface area contributed by atoms with E-state index in [4.69, 9.17) is 4.74 Å². The molecule has 1 aromatic heterocycles. The highest BCUT2D eigenvalue weighted by atomic mass is 32.1. The van der Waals surface area contributed by atoms with Crippen molar-refractivity contribution in [1.29, 1.82) is 0 Å². The van der Waals surface area contributed by atoms with Gasteiger partial charge in [-0.15, -0.1) is 11.3 Å². The third kappa shape index (κ3) is 3.75. The number of thiophene rings is 1. The molecule has 1 aliphatic heterocycles. The Morgan fingerprint density at radius 1 is 0.898 bits per heavy atom. The highest BCUT2D eigenvalue weighted by molar-refractivity contribution is 7.21. The molecule has 49 heavy (non-hydrogen) atoms. The summed E-state index contributed by atoms with van der Waals surface area (Å²) in [7, 11) is 0. The molecule has 3 spiro atoms. The van der Waals surface area contributed by atoms with Crippen LogP contribution in [0.3, 0.4) is 0 Å². The Balaban J connectivity index is 1.07. The number of Topliss-reactive ketones (excluding diaryl/α,β-unsaturated/α-hetero) is 1. The standard InChI is InChI=1S/C43H43NO4S/c1-39-17-14-30(45)23-41(39)20-21-43(32(24-41)37(46)34-22-28-9-4-6-13-33(28)49-34)35(39)15-18-40(2)36(43)16-19-42(40)26-44(38(47)48-42)25-29-11-7-10-27-8-3-5-12-31(27)29/h3-13,20-22,24,30,35-36,45H,14-19,23,25-26H2,1-2H3/t30-,35+,36+,39+,40-,41-,42+,43+/m0/s1. The van der Waals surface area contributed by atoms with Crippen molar-refractivity contribution in [3.05, 3.63) is 107 Å². The van der Waals surface area contributed by atoms with Crippen molar-refractivity contribution in [2.75, 3.05) is 6.54 Å². The van der Waals surface area contributed by atoms with Crippen molar-refractivity contribution >= 4 is 44.1 Å². The minimum absolute atomic E-state index is 0.0469. The molecule has 0 unspecified atom stereocenters. The monoisotopic (exact) mass is 669 g/mol. The lowest BCUT2D eigenvalue weighted by molar-refractivity contribution is -0.164. The second-order valence-electron chi connectivity index (χ2n) is 16.6. The topological polar surface area (TPSA) is 66.8 Å². The van der Waals surface area contributed by atoms with Gasteiger partial charge in [-0.25, -0.2) is 4.79 Å². The number of allylic oxidation sites excluding steroid dienone is 4. The third-order valence-electron chi connectivity index (χ3n) is 14.8. The largest absolute Gasteiger partial charge is 0.440 e. The Hall–Kier alpha value is -3.74. The molecular formula is C43H43NO4S. The minimum Gasteiger partial charge on any atom is -0.440 e. The molecule has 4 fully saturated rings. The number of aliphatic hydroxyl groups is 1. The number of rotatable bonds is 4. The SMILES string of the molecule is C[C@]12CC[C@H]3[C@]4(C=C[C@@]5(C=C4C(=O)c4cc6ccccc6s4)C[C@@H](O)CC[C@]35C)[C@@H]1CC[C@@]21CN(Cc2cccc3ccccc23)C(=O)O1. The number of carbonyl (C=O) groups is 2. The van der Waals surface area contributed by atoms with Gasteiger partial charge in [0.15, 0.2) is 5.78 Å². The summed E-state index contributed by atoms with van der Waals surface area (Å²) >= 11 is 1.59. The molecule has 1 amide bonds. The first-order chi connectivity index (χ1) is 23.6. The van der Waals surface area contributed by atoms with E-state index in [1.165, 1.54) is 10.8 Å². The molecule has 11 rings (SSSR count). The van der Waals surface area contributed by atoms with Crippen LogP contribution in [0.15, 0.2) is 96.6 Å². The summed E-state index contributed by atoms with van der Waals surface area (Å²) in [5.74, 6) is 0.586. The maximum Gasteiger partial charge on any atom is 0.410 e. The summed E-state index contributed by atoms with van der Waals surface area (Å²) in [6.45, 7) is 5.93. The Kier molecular flexibility index (Phi) is 6.11. The van der Waals surface area contributed by atoms with E-state index in [1.807, 2.05) is 17.0 Å². The Labute approximate surface area is 291 Å². The number of hydrogen-bond acceptors (Lipinski definition) is 5. The van der Waals surface area contributed by atoms with Crippen LogP contribution in [-0.4, -0.2) is 40.1 Å². The molecule has 6 heteroatoms. The quantitative estimate of drug-likeness (QED) is 0.174. The zero-order valence-corrected chi connectivity index (χ0v) is 29.1. The number of hydrogen-bond donors (Lipinski definition) is 1. The number of ketones is 1. The van der Waals surface area contributed by atoms with Gasteiger partial charge >= 0.3 is 6.09 Å². The summed E-state index contributed by atoms with van der Waals surface area (Å²) in [6.07, 6.45) is 12.7. The van der Waals surface area contributed by atoms with Crippen LogP contribution in [0, 0.1) is 33.5 Å². The minimum atomic E-state index is -0.603. The molecular weight excluding hydrogens is 627 g/mol. The predicted molar refractivity (Wildman–Crippen MR) is 193 cm³/mol. The van der Waals surface area contributed by atoms with Crippen LogP contribution in [0.4, 0.5) is 4.79 Å². The number of benzene rings is 3. The van der Waals surface area contributed by atoms with E-state index in [9.17, 15) is 9.90 Å². The number of carbonyl (C=O) groups excluding carboxylic acids is 2. The maximum atomic E-state index is 15.0. The number of amides is 1. The zero-order chi connectivity index (χ0) is 33.4. The highest BCUT2D eigenvalue weighted by Gasteiger charge is 2.76. The smallest absolute Gasteiger partial charge is 0.410 e. The lowest BCUT2D eigenvalue weighted by Gasteiger charge is -2.71. The zero-order valence-electron chi connectivity index (χ0n) is 28.3. The van der Waals surface area contributed by atoms with Crippen molar-refractivity contribution in [2.24, 2.45) is 33.5 Å². The van der Waals surface area contributed by atoms with Gasteiger partial charge in [0, 0.05) is 33.1 Å². The Bertz CT molecular complexity index is 2110. The number of nitrogens with zero attached hydrogens (tertiary/aromatic N) is 1. The average Bonchev–Trinajstić information content (AvgIpc) is 3.77. The highest BCUT2D eigenvalue weighted by Crippen LogP contribution is 2.79. The van der Waals surface area contributed by atoms with Gasteiger partial charge in [0.05, 0.1) is 17.5 Å². The van der Waals surface area contributed by atoms with Crippen LogP contribution in [-0.2, 0) is 11.3 Å². The van der Waals surface area contributed by atoms with Crippen LogP contribution >= 0.6 is 11.3 Å². The average molecular weight is 670 g/mol. The van der Waals surface area contributed by atoms with Crippen molar-refractivity contribution in [3.63, 3.8) is 0 Å². The van der Waals surface area contributed by atoms with Crippen LogP contribution in [0.5, 0.6) is 0 Å².